The van der Waals surface area contributed by atoms with Gasteiger partial charge in [-0.15, -0.1) is 0 Å². The molecule has 0 aliphatic carbocycles. The fraction of sp³-hybridized carbons (Fsp3) is 0.556. The van der Waals surface area contributed by atoms with Crippen LogP contribution >= 0.6 is 11.5 Å². The molecule has 1 aromatic rings. The van der Waals surface area contributed by atoms with E-state index in [2.05, 4.69) is 4.37 Å². The third-order valence-corrected chi connectivity index (χ3v) is 2.69. The molecular formula is C9H13NO2S. The van der Waals surface area contributed by atoms with E-state index in [1.54, 1.807) is 0 Å². The fourth-order valence-electron chi connectivity index (χ4n) is 1.11. The van der Waals surface area contributed by atoms with Crippen LogP contribution in [-0.4, -0.2) is 16.9 Å². The lowest BCUT2D eigenvalue weighted by Crippen LogP contribution is -2.08. The summed E-state index contributed by atoms with van der Waals surface area (Å²) in [5.74, 6) is -0.172. The summed E-state index contributed by atoms with van der Waals surface area (Å²) in [7, 11) is 0. The van der Waals surface area contributed by atoms with Crippen molar-refractivity contribution in [2.75, 3.05) is 6.61 Å². The number of carbonyl (C=O) groups is 1. The number of nitrogens with zero attached hydrogens (tertiary/aromatic N) is 1. The van der Waals surface area contributed by atoms with Crippen molar-refractivity contribution in [1.29, 1.82) is 0 Å². The molecule has 1 rings (SSSR count). The Labute approximate surface area is 81.9 Å². The Balaban J connectivity index is 2.68. The molecule has 0 atom stereocenters. The zero-order chi connectivity index (χ0) is 9.84. The monoisotopic (exact) mass is 199 g/mol. The molecule has 0 fully saturated rings. The molecule has 0 radical (unpaired) electrons. The smallest absolute Gasteiger partial charge is 0.310 e. The normalized spacial score (nSPS) is 10.1. The van der Waals surface area contributed by atoms with Gasteiger partial charge in [-0.1, -0.05) is 0 Å². The lowest BCUT2D eigenvalue weighted by molar-refractivity contribution is -0.142. The van der Waals surface area contributed by atoms with Crippen molar-refractivity contribution in [3.05, 3.63) is 16.1 Å². The van der Waals surface area contributed by atoms with E-state index in [1.165, 1.54) is 11.5 Å². The van der Waals surface area contributed by atoms with Gasteiger partial charge in [0, 0.05) is 4.88 Å². The average molecular weight is 199 g/mol. The molecule has 72 valence electrons. The first kappa shape index (κ1) is 10.2. The van der Waals surface area contributed by atoms with Crippen molar-refractivity contribution >= 4 is 17.5 Å². The number of aromatic nitrogens is 1. The molecule has 1 aromatic heterocycles. The zero-order valence-electron chi connectivity index (χ0n) is 8.09. The van der Waals surface area contributed by atoms with Gasteiger partial charge < -0.3 is 4.74 Å². The van der Waals surface area contributed by atoms with Gasteiger partial charge >= 0.3 is 5.97 Å². The second-order valence-electron chi connectivity index (χ2n) is 2.78. The number of hydrogen-bond donors (Lipinski definition) is 0. The van der Waals surface area contributed by atoms with Crippen LogP contribution in [0.15, 0.2) is 0 Å². The Bertz CT molecular complexity index is 287. The lowest BCUT2D eigenvalue weighted by Gasteiger charge is -2.01. The summed E-state index contributed by atoms with van der Waals surface area (Å²) in [5, 5.41) is 0. The summed E-state index contributed by atoms with van der Waals surface area (Å²) in [5.41, 5.74) is 1.96. The summed E-state index contributed by atoms with van der Waals surface area (Å²) in [4.78, 5) is 12.3. The predicted molar refractivity (Wildman–Crippen MR) is 51.9 cm³/mol. The molecule has 4 heteroatoms. The van der Waals surface area contributed by atoms with Crippen LogP contribution in [-0.2, 0) is 16.0 Å². The molecule has 0 bridgehead atoms. The number of carbonyl (C=O) groups excluding carboxylic acids is 1. The van der Waals surface area contributed by atoms with Crippen LogP contribution in [0.1, 0.15) is 23.1 Å². The van der Waals surface area contributed by atoms with Gasteiger partial charge in [0.05, 0.1) is 18.7 Å². The van der Waals surface area contributed by atoms with E-state index in [0.29, 0.717) is 13.0 Å². The van der Waals surface area contributed by atoms with E-state index in [1.807, 2.05) is 20.8 Å². The first-order valence-electron chi connectivity index (χ1n) is 4.22. The molecule has 0 saturated carbocycles. The lowest BCUT2D eigenvalue weighted by atomic mass is 10.1. The van der Waals surface area contributed by atoms with Crippen LogP contribution in [0.2, 0.25) is 0 Å². The minimum atomic E-state index is -0.172. The Kier molecular flexibility index (Phi) is 3.42. The average Bonchev–Trinajstić information content (AvgIpc) is 2.36. The number of esters is 1. The minimum Gasteiger partial charge on any atom is -0.466 e. The van der Waals surface area contributed by atoms with Gasteiger partial charge in [0.25, 0.3) is 0 Å². The summed E-state index contributed by atoms with van der Waals surface area (Å²) >= 11 is 1.43. The van der Waals surface area contributed by atoms with E-state index < -0.39 is 0 Å². The van der Waals surface area contributed by atoms with Crippen molar-refractivity contribution in [2.45, 2.75) is 27.2 Å². The maximum absolute atomic E-state index is 11.2. The van der Waals surface area contributed by atoms with Gasteiger partial charge in [0.1, 0.15) is 0 Å². The second kappa shape index (κ2) is 4.37. The van der Waals surface area contributed by atoms with Crippen molar-refractivity contribution in [1.82, 2.24) is 4.37 Å². The van der Waals surface area contributed by atoms with E-state index in [4.69, 9.17) is 4.74 Å². The maximum Gasteiger partial charge on any atom is 0.310 e. The van der Waals surface area contributed by atoms with Gasteiger partial charge in [-0.2, -0.15) is 4.37 Å². The molecule has 3 nitrogen and oxygen atoms in total. The van der Waals surface area contributed by atoms with Gasteiger partial charge in [-0.05, 0) is 37.9 Å². The summed E-state index contributed by atoms with van der Waals surface area (Å²) in [6.45, 7) is 6.13. The Morgan fingerprint density at radius 2 is 2.23 bits per heavy atom. The van der Waals surface area contributed by atoms with Gasteiger partial charge in [-0.25, -0.2) is 0 Å². The fourth-order valence-corrected chi connectivity index (χ4v) is 1.82. The highest BCUT2D eigenvalue weighted by molar-refractivity contribution is 7.05. The van der Waals surface area contributed by atoms with Crippen molar-refractivity contribution < 1.29 is 9.53 Å². The number of rotatable bonds is 3. The van der Waals surface area contributed by atoms with Crippen molar-refractivity contribution in [3.63, 3.8) is 0 Å². The van der Waals surface area contributed by atoms with Gasteiger partial charge in [-0.3, -0.25) is 4.79 Å². The minimum absolute atomic E-state index is 0.172. The molecule has 0 aliphatic rings. The van der Waals surface area contributed by atoms with Crippen LogP contribution in [0.5, 0.6) is 0 Å². The quantitative estimate of drug-likeness (QED) is 0.697. The van der Waals surface area contributed by atoms with Gasteiger partial charge in [0.15, 0.2) is 0 Å². The highest BCUT2D eigenvalue weighted by atomic mass is 32.1. The number of hydrogen-bond acceptors (Lipinski definition) is 4. The molecule has 0 aromatic carbocycles. The Morgan fingerprint density at radius 3 is 2.69 bits per heavy atom. The highest BCUT2D eigenvalue weighted by Gasteiger charge is 2.11. The topological polar surface area (TPSA) is 39.2 Å². The van der Waals surface area contributed by atoms with Crippen molar-refractivity contribution in [3.8, 4) is 0 Å². The molecule has 0 aliphatic heterocycles. The molecular weight excluding hydrogens is 186 g/mol. The summed E-state index contributed by atoms with van der Waals surface area (Å²) < 4.78 is 9.03. The number of ether oxygens (including phenoxy) is 1. The predicted octanol–water partition coefficient (Wildman–Crippen LogP) is 1.87. The molecule has 0 spiro atoms. The Morgan fingerprint density at radius 1 is 1.54 bits per heavy atom. The first-order chi connectivity index (χ1) is 6.15. The summed E-state index contributed by atoms with van der Waals surface area (Å²) in [6.07, 6.45) is 0.349. The SMILES string of the molecule is CCOC(=O)Cc1c(C)nsc1C. The molecule has 0 N–H and O–H groups in total. The van der Waals surface area contributed by atoms with E-state index in [-0.39, 0.29) is 5.97 Å². The Hall–Kier alpha value is -0.900. The van der Waals surface area contributed by atoms with Crippen LogP contribution in [0, 0.1) is 13.8 Å². The van der Waals surface area contributed by atoms with Gasteiger partial charge in [0.2, 0.25) is 0 Å². The number of aryl methyl sites for hydroxylation is 2. The third-order valence-electron chi connectivity index (χ3n) is 1.81. The standard InChI is InChI=1S/C9H13NO2S/c1-4-12-9(11)5-8-6(2)10-13-7(8)3/h4-5H2,1-3H3. The first-order valence-corrected chi connectivity index (χ1v) is 4.99. The zero-order valence-corrected chi connectivity index (χ0v) is 8.90. The van der Waals surface area contributed by atoms with E-state index >= 15 is 0 Å². The third kappa shape index (κ3) is 2.52. The largest absolute Gasteiger partial charge is 0.466 e. The molecule has 1 heterocycles. The van der Waals surface area contributed by atoms with E-state index in [9.17, 15) is 4.79 Å². The van der Waals surface area contributed by atoms with Crippen LogP contribution in [0.25, 0.3) is 0 Å². The molecule has 0 unspecified atom stereocenters. The van der Waals surface area contributed by atoms with Crippen LogP contribution in [0.4, 0.5) is 0 Å². The molecule has 13 heavy (non-hydrogen) atoms. The maximum atomic E-state index is 11.2. The summed E-state index contributed by atoms with van der Waals surface area (Å²) in [6, 6.07) is 0. The van der Waals surface area contributed by atoms with Crippen LogP contribution < -0.4 is 0 Å². The van der Waals surface area contributed by atoms with Crippen molar-refractivity contribution in [2.24, 2.45) is 0 Å². The molecule has 0 amide bonds. The van der Waals surface area contributed by atoms with Crippen LogP contribution in [0.3, 0.4) is 0 Å². The highest BCUT2D eigenvalue weighted by Crippen LogP contribution is 2.17. The van der Waals surface area contributed by atoms with E-state index in [0.717, 1.165) is 16.1 Å². The molecule has 0 saturated heterocycles. The second-order valence-corrected chi connectivity index (χ2v) is 3.76.